The van der Waals surface area contributed by atoms with Crippen LogP contribution in [0.1, 0.15) is 23.6 Å². The van der Waals surface area contributed by atoms with Crippen LogP contribution in [0.3, 0.4) is 0 Å². The summed E-state index contributed by atoms with van der Waals surface area (Å²) in [6.07, 6.45) is 1.48. The zero-order valence-corrected chi connectivity index (χ0v) is 10.1. The Morgan fingerprint density at radius 1 is 1.05 bits per heavy atom. The first-order chi connectivity index (χ1) is 9.15. The number of hydrogen-bond donors (Lipinski definition) is 1. The Morgan fingerprint density at radius 3 is 2.74 bits per heavy atom. The summed E-state index contributed by atoms with van der Waals surface area (Å²) < 4.78 is 39.8. The van der Waals surface area contributed by atoms with Crippen LogP contribution in [-0.2, 0) is 6.42 Å². The van der Waals surface area contributed by atoms with Crippen LogP contribution in [0.4, 0.5) is 18.9 Å². The molecule has 0 saturated heterocycles. The molecule has 1 aliphatic rings. The van der Waals surface area contributed by atoms with Gasteiger partial charge in [0.25, 0.3) is 0 Å². The third kappa shape index (κ3) is 2.18. The highest BCUT2D eigenvalue weighted by molar-refractivity contribution is 5.49. The Morgan fingerprint density at radius 2 is 1.89 bits per heavy atom. The molecule has 0 radical (unpaired) electrons. The molecule has 19 heavy (non-hydrogen) atoms. The fraction of sp³-hybridized carbons (Fsp3) is 0.200. The molecule has 1 atom stereocenters. The van der Waals surface area contributed by atoms with Crippen LogP contribution in [-0.4, -0.2) is 0 Å². The van der Waals surface area contributed by atoms with Crippen molar-refractivity contribution in [2.45, 2.75) is 18.9 Å². The van der Waals surface area contributed by atoms with Crippen molar-refractivity contribution in [3.63, 3.8) is 0 Å². The number of benzene rings is 2. The van der Waals surface area contributed by atoms with Crippen molar-refractivity contribution in [2.24, 2.45) is 0 Å². The topological polar surface area (TPSA) is 12.0 Å². The summed E-state index contributed by atoms with van der Waals surface area (Å²) in [4.78, 5) is 0. The van der Waals surface area contributed by atoms with E-state index in [-0.39, 0.29) is 17.5 Å². The van der Waals surface area contributed by atoms with Crippen LogP contribution in [0, 0.1) is 17.5 Å². The van der Waals surface area contributed by atoms with Gasteiger partial charge in [0.1, 0.15) is 5.82 Å². The van der Waals surface area contributed by atoms with Crippen molar-refractivity contribution in [3.8, 4) is 0 Å². The van der Waals surface area contributed by atoms with Crippen molar-refractivity contribution in [1.29, 1.82) is 0 Å². The number of anilines is 1. The van der Waals surface area contributed by atoms with Gasteiger partial charge in [0.05, 0.1) is 11.7 Å². The maximum absolute atomic E-state index is 13.6. The molecule has 0 amide bonds. The number of rotatable bonds is 2. The standard InChI is InChI=1S/C15H12F3N/c16-10-5-6-11-9(8-10)4-7-13(11)19-14-3-1-2-12(17)15(14)18/h1-3,5-6,8,13,19H,4,7H2. The number of fused-ring (bicyclic) bond motifs is 1. The second kappa shape index (κ2) is 4.61. The minimum absolute atomic E-state index is 0.105. The van der Waals surface area contributed by atoms with Gasteiger partial charge in [-0.1, -0.05) is 12.1 Å². The van der Waals surface area contributed by atoms with E-state index in [1.807, 2.05) is 0 Å². The molecule has 1 nitrogen and oxygen atoms in total. The predicted molar refractivity (Wildman–Crippen MR) is 67.4 cm³/mol. The Hall–Kier alpha value is -1.97. The van der Waals surface area contributed by atoms with E-state index in [1.165, 1.54) is 24.3 Å². The molecule has 1 unspecified atom stereocenters. The van der Waals surface area contributed by atoms with Gasteiger partial charge in [0.15, 0.2) is 11.6 Å². The molecule has 0 bridgehead atoms. The molecule has 1 N–H and O–H groups in total. The fourth-order valence-electron chi connectivity index (χ4n) is 2.54. The summed E-state index contributed by atoms with van der Waals surface area (Å²) in [5.41, 5.74) is 2.02. The maximum atomic E-state index is 13.6. The van der Waals surface area contributed by atoms with E-state index in [2.05, 4.69) is 5.32 Å². The fourth-order valence-corrected chi connectivity index (χ4v) is 2.54. The Labute approximate surface area is 109 Å². The lowest BCUT2D eigenvalue weighted by Crippen LogP contribution is -2.09. The van der Waals surface area contributed by atoms with Gasteiger partial charge < -0.3 is 5.32 Å². The molecule has 1 aliphatic carbocycles. The number of aryl methyl sites for hydroxylation is 1. The summed E-state index contributed by atoms with van der Waals surface area (Å²) in [5.74, 6) is -2.02. The van der Waals surface area contributed by atoms with Crippen LogP contribution in [0.5, 0.6) is 0 Å². The van der Waals surface area contributed by atoms with Gasteiger partial charge in [-0.25, -0.2) is 13.2 Å². The van der Waals surface area contributed by atoms with E-state index < -0.39 is 11.6 Å². The van der Waals surface area contributed by atoms with Crippen molar-refractivity contribution in [3.05, 3.63) is 65.0 Å². The third-order valence-corrected chi connectivity index (χ3v) is 3.46. The normalized spacial score (nSPS) is 17.3. The SMILES string of the molecule is Fc1ccc2c(c1)CCC2Nc1cccc(F)c1F. The summed E-state index contributed by atoms with van der Waals surface area (Å²) in [6.45, 7) is 0. The lowest BCUT2D eigenvalue weighted by atomic mass is 10.1. The minimum atomic E-state index is -0.877. The molecule has 0 aromatic heterocycles. The summed E-state index contributed by atoms with van der Waals surface area (Å²) >= 11 is 0. The Bertz CT molecular complexity index is 625. The Kier molecular flexibility index (Phi) is 2.93. The van der Waals surface area contributed by atoms with E-state index in [1.54, 1.807) is 6.07 Å². The van der Waals surface area contributed by atoms with Crippen LogP contribution < -0.4 is 5.32 Å². The largest absolute Gasteiger partial charge is 0.376 e. The van der Waals surface area contributed by atoms with Crippen molar-refractivity contribution in [2.75, 3.05) is 5.32 Å². The average molecular weight is 263 g/mol. The van der Waals surface area contributed by atoms with E-state index in [0.717, 1.165) is 30.0 Å². The minimum Gasteiger partial charge on any atom is -0.376 e. The maximum Gasteiger partial charge on any atom is 0.181 e. The van der Waals surface area contributed by atoms with Gasteiger partial charge in [-0.05, 0) is 48.2 Å². The Balaban J connectivity index is 1.89. The zero-order chi connectivity index (χ0) is 13.4. The molecular weight excluding hydrogens is 251 g/mol. The van der Waals surface area contributed by atoms with Gasteiger partial charge in [-0.15, -0.1) is 0 Å². The smallest absolute Gasteiger partial charge is 0.181 e. The molecule has 0 spiro atoms. The van der Waals surface area contributed by atoms with Crippen LogP contribution in [0.25, 0.3) is 0 Å². The van der Waals surface area contributed by atoms with Crippen molar-refractivity contribution < 1.29 is 13.2 Å². The molecule has 0 fully saturated rings. The molecule has 98 valence electrons. The van der Waals surface area contributed by atoms with Crippen molar-refractivity contribution in [1.82, 2.24) is 0 Å². The summed E-state index contributed by atoms with van der Waals surface area (Å²) in [5, 5.41) is 2.99. The van der Waals surface area contributed by atoms with E-state index in [4.69, 9.17) is 0 Å². The van der Waals surface area contributed by atoms with Crippen molar-refractivity contribution >= 4 is 5.69 Å². The first-order valence-electron chi connectivity index (χ1n) is 6.14. The molecular formula is C15H12F3N. The first kappa shape index (κ1) is 12.1. The molecule has 0 saturated carbocycles. The van der Waals surface area contributed by atoms with E-state index in [0.29, 0.717) is 0 Å². The lowest BCUT2D eigenvalue weighted by Gasteiger charge is -2.16. The number of hydrogen-bond acceptors (Lipinski definition) is 1. The molecule has 2 aromatic rings. The average Bonchev–Trinajstić information content (AvgIpc) is 2.77. The monoisotopic (exact) mass is 263 g/mol. The highest BCUT2D eigenvalue weighted by Gasteiger charge is 2.23. The molecule has 0 heterocycles. The first-order valence-corrected chi connectivity index (χ1v) is 6.14. The molecule has 3 rings (SSSR count). The highest BCUT2D eigenvalue weighted by Crippen LogP contribution is 2.34. The van der Waals surface area contributed by atoms with E-state index in [9.17, 15) is 13.2 Å². The highest BCUT2D eigenvalue weighted by atomic mass is 19.2. The van der Waals surface area contributed by atoms with Crippen LogP contribution >= 0.6 is 0 Å². The zero-order valence-electron chi connectivity index (χ0n) is 10.1. The summed E-state index contributed by atoms with van der Waals surface area (Å²) in [6, 6.07) is 8.53. The van der Waals surface area contributed by atoms with Crippen LogP contribution in [0.2, 0.25) is 0 Å². The van der Waals surface area contributed by atoms with Gasteiger partial charge in [-0.2, -0.15) is 0 Å². The van der Waals surface area contributed by atoms with Gasteiger partial charge >= 0.3 is 0 Å². The van der Waals surface area contributed by atoms with Gasteiger partial charge in [-0.3, -0.25) is 0 Å². The van der Waals surface area contributed by atoms with Crippen LogP contribution in [0.15, 0.2) is 36.4 Å². The molecule has 0 aliphatic heterocycles. The predicted octanol–water partition coefficient (Wildman–Crippen LogP) is 4.20. The summed E-state index contributed by atoms with van der Waals surface area (Å²) in [7, 11) is 0. The third-order valence-electron chi connectivity index (χ3n) is 3.46. The molecule has 2 aromatic carbocycles. The van der Waals surface area contributed by atoms with E-state index >= 15 is 0 Å². The van der Waals surface area contributed by atoms with Gasteiger partial charge in [0.2, 0.25) is 0 Å². The number of nitrogens with one attached hydrogen (secondary N) is 1. The quantitative estimate of drug-likeness (QED) is 0.856. The lowest BCUT2D eigenvalue weighted by molar-refractivity contribution is 0.509. The molecule has 4 heteroatoms. The van der Waals surface area contributed by atoms with Gasteiger partial charge in [0, 0.05) is 0 Å². The second-order valence-electron chi connectivity index (χ2n) is 4.68. The second-order valence-corrected chi connectivity index (χ2v) is 4.68. The number of halogens is 3.